The summed E-state index contributed by atoms with van der Waals surface area (Å²) in [5, 5.41) is 6.52. The Kier molecular flexibility index (Phi) is 5.56. The van der Waals surface area contributed by atoms with Crippen LogP contribution >= 0.6 is 22.9 Å². The first-order valence-electron chi connectivity index (χ1n) is 7.57. The number of carbonyl (C=O) groups is 1. The normalized spacial score (nSPS) is 10.5. The van der Waals surface area contributed by atoms with Gasteiger partial charge in [-0.15, -0.1) is 11.3 Å². The van der Waals surface area contributed by atoms with Crippen molar-refractivity contribution in [2.45, 2.75) is 19.4 Å². The van der Waals surface area contributed by atoms with Crippen LogP contribution in [0.3, 0.4) is 0 Å². The number of thiazole rings is 1. The molecular weight excluding hydrogens is 342 g/mol. The Morgan fingerprint density at radius 2 is 1.96 bits per heavy atom. The Morgan fingerprint density at radius 3 is 2.75 bits per heavy atom. The number of nitrogens with one attached hydrogen (secondary N) is 1. The molecule has 0 unspecified atom stereocenters. The quantitative estimate of drug-likeness (QED) is 0.722. The van der Waals surface area contributed by atoms with E-state index < -0.39 is 0 Å². The molecule has 6 heteroatoms. The van der Waals surface area contributed by atoms with Gasteiger partial charge in [0.1, 0.15) is 0 Å². The number of halogens is 1. The van der Waals surface area contributed by atoms with Gasteiger partial charge in [0.05, 0.1) is 10.7 Å². The number of rotatable bonds is 6. The molecule has 2 aromatic heterocycles. The molecule has 3 aromatic rings. The third kappa shape index (κ3) is 4.40. The van der Waals surface area contributed by atoms with Crippen LogP contribution in [0.1, 0.15) is 17.0 Å². The molecule has 24 heavy (non-hydrogen) atoms. The summed E-state index contributed by atoms with van der Waals surface area (Å²) in [6.45, 7) is 0.443. The maximum Gasteiger partial charge on any atom is 0.220 e. The second kappa shape index (κ2) is 8.04. The lowest BCUT2D eigenvalue weighted by molar-refractivity contribution is -0.121. The minimum absolute atomic E-state index is 0.00409. The monoisotopic (exact) mass is 357 g/mol. The van der Waals surface area contributed by atoms with Crippen LogP contribution in [-0.2, 0) is 17.8 Å². The highest BCUT2D eigenvalue weighted by atomic mass is 35.5. The van der Waals surface area contributed by atoms with Crippen LogP contribution in [0.2, 0.25) is 5.02 Å². The number of benzene rings is 1. The second-order valence-electron chi connectivity index (χ2n) is 5.23. The van der Waals surface area contributed by atoms with Crippen LogP contribution in [0.15, 0.2) is 54.2 Å². The average Bonchev–Trinajstić information content (AvgIpc) is 3.09. The van der Waals surface area contributed by atoms with Crippen LogP contribution in [0, 0.1) is 0 Å². The number of aromatic nitrogens is 2. The van der Waals surface area contributed by atoms with Gasteiger partial charge in [-0.05, 0) is 23.8 Å². The standard InChI is InChI=1S/C18H16ClN3OS/c19-15-4-2-1-3-14(15)11-21-17(23)5-6-18-22-16(12-24-18)13-7-9-20-10-8-13/h1-4,7-10,12H,5-6,11H2,(H,21,23). The smallest absolute Gasteiger partial charge is 0.220 e. The van der Waals surface area contributed by atoms with Gasteiger partial charge in [-0.3, -0.25) is 9.78 Å². The Labute approximate surface area is 149 Å². The largest absolute Gasteiger partial charge is 0.352 e. The number of pyridine rings is 1. The first-order chi connectivity index (χ1) is 11.7. The molecule has 0 saturated heterocycles. The molecule has 0 aliphatic heterocycles. The highest BCUT2D eigenvalue weighted by Gasteiger charge is 2.08. The van der Waals surface area contributed by atoms with Crippen molar-refractivity contribution in [2.24, 2.45) is 0 Å². The van der Waals surface area contributed by atoms with Crippen LogP contribution in [0.4, 0.5) is 0 Å². The number of aryl methyl sites for hydroxylation is 1. The third-order valence-corrected chi connectivity index (χ3v) is 4.80. The van der Waals surface area contributed by atoms with E-state index in [2.05, 4.69) is 15.3 Å². The molecule has 0 aliphatic carbocycles. The summed E-state index contributed by atoms with van der Waals surface area (Å²) in [7, 11) is 0. The van der Waals surface area contributed by atoms with Crippen molar-refractivity contribution in [1.29, 1.82) is 0 Å². The molecule has 4 nitrogen and oxygen atoms in total. The maximum absolute atomic E-state index is 12.0. The van der Waals surface area contributed by atoms with Crippen molar-refractivity contribution in [1.82, 2.24) is 15.3 Å². The van der Waals surface area contributed by atoms with E-state index >= 15 is 0 Å². The summed E-state index contributed by atoms with van der Waals surface area (Å²) in [6, 6.07) is 11.4. The maximum atomic E-state index is 12.0. The van der Waals surface area contributed by atoms with Crippen molar-refractivity contribution in [2.75, 3.05) is 0 Å². The van der Waals surface area contributed by atoms with Gasteiger partial charge >= 0.3 is 0 Å². The average molecular weight is 358 g/mol. The van der Waals surface area contributed by atoms with Crippen molar-refractivity contribution < 1.29 is 4.79 Å². The molecule has 1 amide bonds. The zero-order chi connectivity index (χ0) is 16.8. The minimum Gasteiger partial charge on any atom is -0.352 e. The van der Waals surface area contributed by atoms with Gasteiger partial charge in [0.25, 0.3) is 0 Å². The lowest BCUT2D eigenvalue weighted by Gasteiger charge is -2.06. The van der Waals surface area contributed by atoms with E-state index in [-0.39, 0.29) is 5.91 Å². The Morgan fingerprint density at radius 1 is 1.17 bits per heavy atom. The van der Waals surface area contributed by atoms with Crippen LogP contribution in [0.25, 0.3) is 11.3 Å². The Balaban J connectivity index is 1.50. The van der Waals surface area contributed by atoms with Gasteiger partial charge in [-0.2, -0.15) is 0 Å². The van der Waals surface area contributed by atoms with Crippen molar-refractivity contribution in [3.8, 4) is 11.3 Å². The zero-order valence-electron chi connectivity index (χ0n) is 12.9. The number of amides is 1. The zero-order valence-corrected chi connectivity index (χ0v) is 14.5. The molecule has 3 rings (SSSR count). The number of hydrogen-bond acceptors (Lipinski definition) is 4. The molecule has 0 bridgehead atoms. The summed E-state index contributed by atoms with van der Waals surface area (Å²) in [6.07, 6.45) is 4.53. The van der Waals surface area contributed by atoms with Gasteiger partial charge in [0.2, 0.25) is 5.91 Å². The van der Waals surface area contributed by atoms with E-state index in [9.17, 15) is 4.79 Å². The lowest BCUT2D eigenvalue weighted by Crippen LogP contribution is -2.23. The van der Waals surface area contributed by atoms with E-state index in [1.54, 1.807) is 23.7 Å². The van der Waals surface area contributed by atoms with Crippen molar-refractivity contribution >= 4 is 28.8 Å². The first-order valence-corrected chi connectivity index (χ1v) is 8.83. The summed E-state index contributed by atoms with van der Waals surface area (Å²) < 4.78 is 0. The molecule has 0 aliphatic rings. The van der Waals surface area contributed by atoms with Gasteiger partial charge in [-0.25, -0.2) is 4.98 Å². The molecule has 2 heterocycles. The van der Waals surface area contributed by atoms with Crippen molar-refractivity contribution in [3.63, 3.8) is 0 Å². The van der Waals surface area contributed by atoms with Gasteiger partial charge in [0, 0.05) is 47.7 Å². The van der Waals surface area contributed by atoms with Gasteiger partial charge in [-0.1, -0.05) is 29.8 Å². The predicted molar refractivity (Wildman–Crippen MR) is 97.0 cm³/mol. The third-order valence-electron chi connectivity index (χ3n) is 3.53. The summed E-state index contributed by atoms with van der Waals surface area (Å²) >= 11 is 7.65. The number of hydrogen-bond donors (Lipinski definition) is 1. The van der Waals surface area contributed by atoms with Gasteiger partial charge < -0.3 is 5.32 Å². The molecule has 0 atom stereocenters. The highest BCUT2D eigenvalue weighted by Crippen LogP contribution is 2.22. The fourth-order valence-corrected chi connectivity index (χ4v) is 3.24. The van der Waals surface area contributed by atoms with E-state index in [4.69, 9.17) is 11.6 Å². The molecule has 0 spiro atoms. The van der Waals surface area contributed by atoms with Crippen LogP contribution < -0.4 is 5.32 Å². The fraction of sp³-hybridized carbons (Fsp3) is 0.167. The summed E-state index contributed by atoms with van der Waals surface area (Å²) in [5.41, 5.74) is 2.88. The molecule has 0 fully saturated rings. The Hall–Kier alpha value is -2.24. The van der Waals surface area contributed by atoms with E-state index in [0.717, 1.165) is 21.8 Å². The van der Waals surface area contributed by atoms with E-state index in [1.807, 2.05) is 41.8 Å². The van der Waals surface area contributed by atoms with E-state index in [1.165, 1.54) is 0 Å². The van der Waals surface area contributed by atoms with Gasteiger partial charge in [0.15, 0.2) is 0 Å². The molecular formula is C18H16ClN3OS. The van der Waals surface area contributed by atoms with Crippen LogP contribution in [0.5, 0.6) is 0 Å². The lowest BCUT2D eigenvalue weighted by atomic mass is 10.2. The molecule has 122 valence electrons. The number of carbonyl (C=O) groups excluding carboxylic acids is 1. The van der Waals surface area contributed by atoms with E-state index in [0.29, 0.717) is 24.4 Å². The van der Waals surface area contributed by atoms with Crippen molar-refractivity contribution in [3.05, 3.63) is 69.8 Å². The van der Waals surface area contributed by atoms with Crippen LogP contribution in [-0.4, -0.2) is 15.9 Å². The molecule has 1 N–H and O–H groups in total. The fourth-order valence-electron chi connectivity index (χ4n) is 2.23. The molecule has 0 radical (unpaired) electrons. The highest BCUT2D eigenvalue weighted by molar-refractivity contribution is 7.09. The SMILES string of the molecule is O=C(CCc1nc(-c2ccncc2)cs1)NCc1ccccc1Cl. The topological polar surface area (TPSA) is 54.9 Å². The summed E-state index contributed by atoms with van der Waals surface area (Å²) in [5.74, 6) is -0.00409. The summed E-state index contributed by atoms with van der Waals surface area (Å²) in [4.78, 5) is 20.6. The molecule has 0 saturated carbocycles. The minimum atomic E-state index is -0.00409. The second-order valence-corrected chi connectivity index (χ2v) is 6.58. The molecule has 1 aromatic carbocycles. The Bertz CT molecular complexity index is 820. The predicted octanol–water partition coefficient (Wildman–Crippen LogP) is 4.11. The number of nitrogens with zero attached hydrogens (tertiary/aromatic N) is 2. The first kappa shape index (κ1) is 16.6.